The van der Waals surface area contributed by atoms with Gasteiger partial charge in [0.15, 0.2) is 0 Å². The van der Waals surface area contributed by atoms with E-state index in [1.165, 1.54) is 0 Å². The smallest absolute Gasteiger partial charge is 0.254 e. The number of aryl methyl sites for hydroxylation is 1. The third-order valence-electron chi connectivity index (χ3n) is 2.68. The summed E-state index contributed by atoms with van der Waals surface area (Å²) in [6, 6.07) is 4.95. The van der Waals surface area contributed by atoms with Crippen LogP contribution in [0.3, 0.4) is 0 Å². The SMILES string of the molecule is Cc1cc(NC(=O)C2CNCCO2)ccc1O. The molecule has 2 rings (SSSR count). The average molecular weight is 236 g/mol. The molecule has 0 radical (unpaired) electrons. The van der Waals surface area contributed by atoms with Crippen molar-refractivity contribution in [1.29, 1.82) is 0 Å². The molecule has 92 valence electrons. The molecule has 0 aliphatic carbocycles. The molecule has 0 bridgehead atoms. The number of benzene rings is 1. The molecular formula is C12H16N2O3. The molecule has 1 unspecified atom stereocenters. The minimum Gasteiger partial charge on any atom is -0.508 e. The molecule has 5 heteroatoms. The number of ether oxygens (including phenoxy) is 1. The van der Waals surface area contributed by atoms with Gasteiger partial charge in [-0.25, -0.2) is 0 Å². The summed E-state index contributed by atoms with van der Waals surface area (Å²) in [5.41, 5.74) is 1.39. The summed E-state index contributed by atoms with van der Waals surface area (Å²) in [5.74, 6) is 0.0564. The molecular weight excluding hydrogens is 220 g/mol. The van der Waals surface area contributed by atoms with Gasteiger partial charge in [-0.05, 0) is 30.7 Å². The zero-order chi connectivity index (χ0) is 12.3. The molecule has 3 N–H and O–H groups in total. The van der Waals surface area contributed by atoms with E-state index in [2.05, 4.69) is 10.6 Å². The summed E-state index contributed by atoms with van der Waals surface area (Å²) in [6.07, 6.45) is -0.446. The Balaban J connectivity index is 1.99. The average Bonchev–Trinajstić information content (AvgIpc) is 2.35. The quantitative estimate of drug-likeness (QED) is 0.659. The van der Waals surface area contributed by atoms with Crippen LogP contribution in [0.25, 0.3) is 0 Å². The Hall–Kier alpha value is -1.59. The standard InChI is InChI=1S/C12H16N2O3/c1-8-6-9(2-3-10(8)15)14-12(16)11-7-13-4-5-17-11/h2-3,6,11,13,15H,4-5,7H2,1H3,(H,14,16). The lowest BCUT2D eigenvalue weighted by Crippen LogP contribution is -2.45. The van der Waals surface area contributed by atoms with E-state index in [-0.39, 0.29) is 11.7 Å². The van der Waals surface area contributed by atoms with Crippen LogP contribution in [0.4, 0.5) is 5.69 Å². The van der Waals surface area contributed by atoms with E-state index in [1.54, 1.807) is 25.1 Å². The molecule has 1 aromatic carbocycles. The lowest BCUT2D eigenvalue weighted by atomic mass is 10.2. The lowest BCUT2D eigenvalue weighted by molar-refractivity contribution is -0.128. The van der Waals surface area contributed by atoms with Gasteiger partial charge >= 0.3 is 0 Å². The first-order valence-corrected chi connectivity index (χ1v) is 5.59. The lowest BCUT2D eigenvalue weighted by Gasteiger charge is -2.22. The summed E-state index contributed by atoms with van der Waals surface area (Å²) in [4.78, 5) is 11.8. The van der Waals surface area contributed by atoms with Gasteiger partial charge in [-0.3, -0.25) is 4.79 Å². The third-order valence-corrected chi connectivity index (χ3v) is 2.68. The Bertz CT molecular complexity index is 414. The van der Waals surface area contributed by atoms with Crippen LogP contribution in [-0.2, 0) is 9.53 Å². The number of hydrogen-bond acceptors (Lipinski definition) is 4. The molecule has 0 aromatic heterocycles. The summed E-state index contributed by atoms with van der Waals surface area (Å²) in [6.45, 7) is 3.64. The highest BCUT2D eigenvalue weighted by Crippen LogP contribution is 2.20. The van der Waals surface area contributed by atoms with Gasteiger partial charge in [0.05, 0.1) is 6.61 Å². The molecule has 0 saturated carbocycles. The van der Waals surface area contributed by atoms with E-state index in [1.807, 2.05) is 0 Å². The van der Waals surface area contributed by atoms with Crippen molar-refractivity contribution in [3.63, 3.8) is 0 Å². The van der Waals surface area contributed by atoms with Gasteiger partial charge < -0.3 is 20.5 Å². The van der Waals surface area contributed by atoms with Crippen molar-refractivity contribution < 1.29 is 14.6 Å². The number of morpholine rings is 1. The van der Waals surface area contributed by atoms with Gasteiger partial charge in [0.1, 0.15) is 11.9 Å². The van der Waals surface area contributed by atoms with E-state index in [9.17, 15) is 9.90 Å². The first kappa shape index (κ1) is 11.9. The first-order valence-electron chi connectivity index (χ1n) is 5.59. The van der Waals surface area contributed by atoms with Gasteiger partial charge in [0, 0.05) is 18.8 Å². The van der Waals surface area contributed by atoms with Gasteiger partial charge in [0.25, 0.3) is 5.91 Å². The topological polar surface area (TPSA) is 70.6 Å². The van der Waals surface area contributed by atoms with Crippen LogP contribution in [-0.4, -0.2) is 36.8 Å². The van der Waals surface area contributed by atoms with E-state index >= 15 is 0 Å². The Labute approximate surface area is 99.8 Å². The minimum atomic E-state index is -0.446. The molecule has 17 heavy (non-hydrogen) atoms. The van der Waals surface area contributed by atoms with Gasteiger partial charge in [-0.2, -0.15) is 0 Å². The van der Waals surface area contributed by atoms with Crippen LogP contribution in [0.5, 0.6) is 5.75 Å². The van der Waals surface area contributed by atoms with Crippen LogP contribution in [0.2, 0.25) is 0 Å². The number of aromatic hydroxyl groups is 1. The summed E-state index contributed by atoms with van der Waals surface area (Å²) in [7, 11) is 0. The molecule has 1 saturated heterocycles. The minimum absolute atomic E-state index is 0.165. The van der Waals surface area contributed by atoms with Crippen LogP contribution < -0.4 is 10.6 Å². The monoisotopic (exact) mass is 236 g/mol. The molecule has 1 atom stereocenters. The second kappa shape index (κ2) is 5.16. The molecule has 1 amide bonds. The van der Waals surface area contributed by atoms with E-state index in [0.717, 1.165) is 12.1 Å². The van der Waals surface area contributed by atoms with Gasteiger partial charge in [0.2, 0.25) is 0 Å². The van der Waals surface area contributed by atoms with Crippen molar-refractivity contribution in [2.75, 3.05) is 25.0 Å². The number of hydrogen-bond donors (Lipinski definition) is 3. The van der Waals surface area contributed by atoms with Gasteiger partial charge in [-0.1, -0.05) is 0 Å². The number of anilines is 1. The van der Waals surface area contributed by atoms with Crippen molar-refractivity contribution in [3.05, 3.63) is 23.8 Å². The van der Waals surface area contributed by atoms with Crippen LogP contribution in [0.1, 0.15) is 5.56 Å². The molecule has 1 aliphatic rings. The highest BCUT2D eigenvalue weighted by Gasteiger charge is 2.21. The summed E-state index contributed by atoms with van der Waals surface area (Å²) >= 11 is 0. The molecule has 5 nitrogen and oxygen atoms in total. The number of nitrogens with one attached hydrogen (secondary N) is 2. The molecule has 1 aliphatic heterocycles. The highest BCUT2D eigenvalue weighted by atomic mass is 16.5. The molecule has 1 heterocycles. The predicted octanol–water partition coefficient (Wildman–Crippen LogP) is 0.628. The number of phenols is 1. The largest absolute Gasteiger partial charge is 0.508 e. The fourth-order valence-electron chi connectivity index (χ4n) is 1.69. The Morgan fingerprint density at radius 1 is 1.59 bits per heavy atom. The second-order valence-corrected chi connectivity index (χ2v) is 4.05. The number of amides is 1. The number of rotatable bonds is 2. The molecule has 1 fully saturated rings. The summed E-state index contributed by atoms with van der Waals surface area (Å²) in [5, 5.41) is 15.2. The third kappa shape index (κ3) is 2.95. The zero-order valence-corrected chi connectivity index (χ0v) is 9.69. The van der Waals surface area contributed by atoms with E-state index in [4.69, 9.17) is 4.74 Å². The van der Waals surface area contributed by atoms with Crippen molar-refractivity contribution in [1.82, 2.24) is 5.32 Å². The molecule has 0 spiro atoms. The summed E-state index contributed by atoms with van der Waals surface area (Å²) < 4.78 is 5.34. The van der Waals surface area contributed by atoms with Crippen molar-refractivity contribution in [2.24, 2.45) is 0 Å². The van der Waals surface area contributed by atoms with Crippen molar-refractivity contribution >= 4 is 11.6 Å². The van der Waals surface area contributed by atoms with Crippen LogP contribution in [0.15, 0.2) is 18.2 Å². The molecule has 1 aromatic rings. The first-order chi connectivity index (χ1) is 8.16. The maximum absolute atomic E-state index is 11.8. The predicted molar refractivity (Wildman–Crippen MR) is 64.1 cm³/mol. The van der Waals surface area contributed by atoms with Crippen LogP contribution >= 0.6 is 0 Å². The fraction of sp³-hybridized carbons (Fsp3) is 0.417. The Morgan fingerprint density at radius 3 is 3.06 bits per heavy atom. The number of carbonyl (C=O) groups is 1. The van der Waals surface area contributed by atoms with E-state index < -0.39 is 6.10 Å². The van der Waals surface area contributed by atoms with Crippen molar-refractivity contribution in [2.45, 2.75) is 13.0 Å². The zero-order valence-electron chi connectivity index (χ0n) is 9.69. The Kier molecular flexibility index (Phi) is 3.61. The Morgan fingerprint density at radius 2 is 2.41 bits per heavy atom. The number of carbonyl (C=O) groups excluding carboxylic acids is 1. The van der Waals surface area contributed by atoms with Gasteiger partial charge in [-0.15, -0.1) is 0 Å². The second-order valence-electron chi connectivity index (χ2n) is 4.05. The fourth-order valence-corrected chi connectivity index (χ4v) is 1.69. The maximum atomic E-state index is 11.8. The van der Waals surface area contributed by atoms with E-state index in [0.29, 0.717) is 18.8 Å². The normalized spacial score (nSPS) is 19.9. The maximum Gasteiger partial charge on any atom is 0.254 e. The highest BCUT2D eigenvalue weighted by molar-refractivity contribution is 5.94. The van der Waals surface area contributed by atoms with Crippen LogP contribution in [0, 0.1) is 6.92 Å². The van der Waals surface area contributed by atoms with Crippen molar-refractivity contribution in [3.8, 4) is 5.75 Å². The number of phenolic OH excluding ortho intramolecular Hbond substituents is 1.